The van der Waals surface area contributed by atoms with Crippen molar-refractivity contribution >= 4 is 15.9 Å². The minimum Gasteiger partial charge on any atom is -0.393 e. The van der Waals surface area contributed by atoms with E-state index in [1.54, 1.807) is 0 Å². The van der Waals surface area contributed by atoms with Crippen molar-refractivity contribution < 1.29 is 5.11 Å². The molecular formula is C12H19BrN2O. The van der Waals surface area contributed by atoms with E-state index in [1.165, 1.54) is 10.2 Å². The number of halogens is 1. The van der Waals surface area contributed by atoms with Gasteiger partial charge in [0.1, 0.15) is 0 Å². The predicted octanol–water partition coefficient (Wildman–Crippen LogP) is 2.45. The molecule has 2 atom stereocenters. The van der Waals surface area contributed by atoms with Crippen molar-refractivity contribution in [3.05, 3.63) is 15.9 Å². The first-order chi connectivity index (χ1) is 7.61. The van der Waals surface area contributed by atoms with Gasteiger partial charge in [-0.25, -0.2) is 0 Å². The van der Waals surface area contributed by atoms with E-state index in [2.05, 4.69) is 28.0 Å². The van der Waals surface area contributed by atoms with Crippen LogP contribution in [-0.2, 0) is 19.9 Å². The van der Waals surface area contributed by atoms with Crippen molar-refractivity contribution in [2.75, 3.05) is 0 Å². The lowest BCUT2D eigenvalue weighted by molar-refractivity contribution is 0.177. The van der Waals surface area contributed by atoms with Gasteiger partial charge in [0.2, 0.25) is 0 Å². The van der Waals surface area contributed by atoms with Crippen molar-refractivity contribution in [3.8, 4) is 0 Å². The highest BCUT2D eigenvalue weighted by Gasteiger charge is 2.25. The Labute approximate surface area is 105 Å². The molecule has 0 radical (unpaired) electrons. The van der Waals surface area contributed by atoms with Crippen LogP contribution in [0.3, 0.4) is 0 Å². The summed E-state index contributed by atoms with van der Waals surface area (Å²) in [6.45, 7) is 2.12. The van der Waals surface area contributed by atoms with Crippen LogP contribution >= 0.6 is 15.9 Å². The topological polar surface area (TPSA) is 38.0 Å². The molecule has 0 spiro atoms. The molecule has 0 bridgehead atoms. The summed E-state index contributed by atoms with van der Waals surface area (Å²) < 4.78 is 3.15. The molecular weight excluding hydrogens is 268 g/mol. The number of nitrogens with zero attached hydrogens (tertiary/aromatic N) is 2. The summed E-state index contributed by atoms with van der Waals surface area (Å²) in [5, 5.41) is 14.0. The third-order valence-corrected chi connectivity index (χ3v) is 4.41. The van der Waals surface area contributed by atoms with Crippen LogP contribution in [0, 0.1) is 5.92 Å². The molecule has 1 fully saturated rings. The van der Waals surface area contributed by atoms with E-state index in [0.29, 0.717) is 5.92 Å². The molecule has 1 aromatic heterocycles. The molecule has 1 aliphatic rings. The summed E-state index contributed by atoms with van der Waals surface area (Å²) >= 11 is 3.64. The molecule has 0 aliphatic heterocycles. The van der Waals surface area contributed by atoms with E-state index in [0.717, 1.165) is 37.8 Å². The van der Waals surface area contributed by atoms with Crippen molar-refractivity contribution in [2.24, 2.45) is 13.0 Å². The van der Waals surface area contributed by atoms with Gasteiger partial charge in [-0.1, -0.05) is 6.92 Å². The van der Waals surface area contributed by atoms with Gasteiger partial charge >= 0.3 is 0 Å². The summed E-state index contributed by atoms with van der Waals surface area (Å²) in [6, 6.07) is 0. The van der Waals surface area contributed by atoms with Gasteiger partial charge < -0.3 is 5.11 Å². The third kappa shape index (κ3) is 2.33. The number of aryl methyl sites for hydroxylation is 2. The van der Waals surface area contributed by atoms with E-state index in [4.69, 9.17) is 0 Å². The van der Waals surface area contributed by atoms with Crippen LogP contribution in [0.15, 0.2) is 4.47 Å². The fraction of sp³-hybridized carbons (Fsp3) is 0.750. The highest BCUT2D eigenvalue weighted by atomic mass is 79.9. The van der Waals surface area contributed by atoms with Gasteiger partial charge in [0.05, 0.1) is 22.0 Å². The van der Waals surface area contributed by atoms with Crippen molar-refractivity contribution in [1.82, 2.24) is 9.78 Å². The molecule has 1 heterocycles. The van der Waals surface area contributed by atoms with Crippen molar-refractivity contribution in [3.63, 3.8) is 0 Å². The molecule has 1 N–H and O–H groups in total. The highest BCUT2D eigenvalue weighted by molar-refractivity contribution is 9.10. The second kappa shape index (κ2) is 4.88. The molecule has 1 aliphatic carbocycles. The normalized spacial score (nSPS) is 25.2. The minimum atomic E-state index is -0.0809. The van der Waals surface area contributed by atoms with Gasteiger partial charge in [-0.2, -0.15) is 5.10 Å². The lowest BCUT2D eigenvalue weighted by atomic mass is 10.0. The van der Waals surface area contributed by atoms with Crippen LogP contribution in [0.4, 0.5) is 0 Å². The number of aromatic nitrogens is 2. The fourth-order valence-electron chi connectivity index (χ4n) is 2.55. The van der Waals surface area contributed by atoms with E-state index >= 15 is 0 Å². The maximum absolute atomic E-state index is 9.53. The molecule has 3 nitrogen and oxygen atoms in total. The zero-order valence-electron chi connectivity index (χ0n) is 9.91. The van der Waals surface area contributed by atoms with Gasteiger partial charge in [0, 0.05) is 7.05 Å². The first-order valence-corrected chi connectivity index (χ1v) is 6.79. The van der Waals surface area contributed by atoms with Crippen molar-refractivity contribution in [1.29, 1.82) is 0 Å². The molecule has 16 heavy (non-hydrogen) atoms. The van der Waals surface area contributed by atoms with Crippen LogP contribution in [0.25, 0.3) is 0 Å². The molecule has 0 amide bonds. The van der Waals surface area contributed by atoms with Gasteiger partial charge in [-0.05, 0) is 54.0 Å². The molecule has 0 saturated heterocycles. The Bertz CT molecular complexity index is 375. The van der Waals surface area contributed by atoms with Crippen LogP contribution in [0.5, 0.6) is 0 Å². The summed E-state index contributed by atoms with van der Waals surface area (Å²) in [5.74, 6) is 0.617. The van der Waals surface area contributed by atoms with Gasteiger partial charge in [-0.15, -0.1) is 0 Å². The zero-order chi connectivity index (χ0) is 11.7. The largest absolute Gasteiger partial charge is 0.393 e. The SMILES string of the molecule is CCc1nn(C)c(CC2CCC(O)C2)c1Br. The predicted molar refractivity (Wildman–Crippen MR) is 67.3 cm³/mol. The molecule has 2 rings (SSSR count). The number of aliphatic hydroxyl groups is 1. The molecule has 2 unspecified atom stereocenters. The maximum atomic E-state index is 9.53. The molecule has 0 aromatic carbocycles. The lowest BCUT2D eigenvalue weighted by Gasteiger charge is -2.09. The Hall–Kier alpha value is -0.350. The Morgan fingerprint density at radius 1 is 1.50 bits per heavy atom. The second-order valence-corrected chi connectivity index (χ2v) is 5.51. The summed E-state index contributed by atoms with van der Waals surface area (Å²) in [6.07, 6.45) is 4.95. The van der Waals surface area contributed by atoms with Gasteiger partial charge in [0.25, 0.3) is 0 Å². The second-order valence-electron chi connectivity index (χ2n) is 4.72. The van der Waals surface area contributed by atoms with Crippen LogP contribution in [0.1, 0.15) is 37.6 Å². The standard InChI is InChI=1S/C12H19BrN2O/c1-3-10-12(13)11(15(2)14-10)7-8-4-5-9(16)6-8/h8-9,16H,3-7H2,1-2H3. The summed E-state index contributed by atoms with van der Waals surface area (Å²) in [5.41, 5.74) is 2.41. The van der Waals surface area contributed by atoms with Crippen LogP contribution < -0.4 is 0 Å². The monoisotopic (exact) mass is 286 g/mol. The molecule has 1 saturated carbocycles. The van der Waals surface area contributed by atoms with Crippen LogP contribution in [-0.4, -0.2) is 21.0 Å². The van der Waals surface area contributed by atoms with E-state index < -0.39 is 0 Å². The third-order valence-electron chi connectivity index (χ3n) is 3.50. The Kier molecular flexibility index (Phi) is 3.70. The average Bonchev–Trinajstić information content (AvgIpc) is 2.77. The smallest absolute Gasteiger partial charge is 0.0766 e. The number of hydrogen-bond acceptors (Lipinski definition) is 2. The number of rotatable bonds is 3. The average molecular weight is 287 g/mol. The zero-order valence-corrected chi connectivity index (χ0v) is 11.5. The van der Waals surface area contributed by atoms with Crippen LogP contribution in [0.2, 0.25) is 0 Å². The summed E-state index contributed by atoms with van der Waals surface area (Å²) in [7, 11) is 2.00. The van der Waals surface area contributed by atoms with E-state index in [-0.39, 0.29) is 6.10 Å². The first-order valence-electron chi connectivity index (χ1n) is 6.00. The highest BCUT2D eigenvalue weighted by Crippen LogP contribution is 2.31. The van der Waals surface area contributed by atoms with Crippen molar-refractivity contribution in [2.45, 2.75) is 45.1 Å². The molecule has 1 aromatic rings. The lowest BCUT2D eigenvalue weighted by Crippen LogP contribution is -2.07. The van der Waals surface area contributed by atoms with E-state index in [9.17, 15) is 5.11 Å². The van der Waals surface area contributed by atoms with Gasteiger partial charge in [0.15, 0.2) is 0 Å². The maximum Gasteiger partial charge on any atom is 0.0766 e. The van der Waals surface area contributed by atoms with E-state index in [1.807, 2.05) is 11.7 Å². The molecule has 90 valence electrons. The Balaban J connectivity index is 2.12. The Morgan fingerprint density at radius 2 is 2.25 bits per heavy atom. The fourth-order valence-corrected chi connectivity index (χ4v) is 3.33. The quantitative estimate of drug-likeness (QED) is 0.927. The number of hydrogen-bond donors (Lipinski definition) is 1. The summed E-state index contributed by atoms with van der Waals surface area (Å²) in [4.78, 5) is 0. The Morgan fingerprint density at radius 3 is 2.75 bits per heavy atom. The molecule has 4 heteroatoms. The number of aliphatic hydroxyl groups excluding tert-OH is 1. The minimum absolute atomic E-state index is 0.0809. The van der Waals surface area contributed by atoms with Gasteiger partial charge in [-0.3, -0.25) is 4.68 Å². The first kappa shape index (κ1) is 12.1.